The zero-order valence-corrected chi connectivity index (χ0v) is 16.9. The van der Waals surface area contributed by atoms with Gasteiger partial charge in [-0.15, -0.1) is 0 Å². The molecule has 0 amide bonds. The number of fused-ring (bicyclic) bond motifs is 1. The van der Waals surface area contributed by atoms with Crippen LogP contribution in [0.3, 0.4) is 0 Å². The number of nitrogens with zero attached hydrogens (tertiary/aromatic N) is 3. The first-order chi connectivity index (χ1) is 13.9. The Labute approximate surface area is 170 Å². The number of anilines is 3. The second-order valence-corrected chi connectivity index (χ2v) is 7.84. The van der Waals surface area contributed by atoms with Crippen LogP contribution in [0.2, 0.25) is 0 Å². The minimum absolute atomic E-state index is 0.126. The van der Waals surface area contributed by atoms with Gasteiger partial charge >= 0.3 is 0 Å². The van der Waals surface area contributed by atoms with Crippen LogP contribution in [-0.4, -0.2) is 20.6 Å². The monoisotopic (exact) mass is 391 g/mol. The Balaban J connectivity index is 1.45. The van der Waals surface area contributed by atoms with E-state index in [9.17, 15) is 0 Å². The van der Waals surface area contributed by atoms with Crippen LogP contribution < -0.4 is 20.5 Å². The molecular weight excluding hydrogens is 366 g/mol. The van der Waals surface area contributed by atoms with Crippen molar-refractivity contribution in [2.45, 2.75) is 45.8 Å². The zero-order chi connectivity index (χ0) is 20.4. The molecule has 3 N–H and O–H groups in total. The number of rotatable bonds is 5. The summed E-state index contributed by atoms with van der Waals surface area (Å²) in [4.78, 5) is 12.7. The third-order valence-corrected chi connectivity index (χ3v) is 4.79. The van der Waals surface area contributed by atoms with Crippen molar-refractivity contribution in [1.29, 1.82) is 0 Å². The maximum atomic E-state index is 6.02. The van der Waals surface area contributed by atoms with E-state index in [1.807, 2.05) is 49.4 Å². The van der Waals surface area contributed by atoms with Crippen LogP contribution in [0.15, 0.2) is 42.5 Å². The van der Waals surface area contributed by atoms with Gasteiger partial charge in [-0.05, 0) is 69.5 Å². The van der Waals surface area contributed by atoms with Crippen molar-refractivity contribution in [2.75, 3.05) is 11.1 Å². The summed E-state index contributed by atoms with van der Waals surface area (Å²) < 4.78 is 11.9. The molecule has 1 aromatic heterocycles. The number of aromatic nitrogens is 3. The molecule has 0 aliphatic carbocycles. The van der Waals surface area contributed by atoms with Gasteiger partial charge in [0.15, 0.2) is 5.82 Å². The number of aryl methyl sites for hydroxylation is 2. The van der Waals surface area contributed by atoms with Gasteiger partial charge in [0, 0.05) is 5.69 Å². The molecule has 29 heavy (non-hydrogen) atoms. The van der Waals surface area contributed by atoms with Gasteiger partial charge in [-0.3, -0.25) is 0 Å². The van der Waals surface area contributed by atoms with Gasteiger partial charge < -0.3 is 20.5 Å². The molecule has 2 heterocycles. The molecule has 150 valence electrons. The first kappa shape index (κ1) is 19.0. The first-order valence-electron chi connectivity index (χ1n) is 9.65. The molecule has 0 spiro atoms. The van der Waals surface area contributed by atoms with E-state index >= 15 is 0 Å². The van der Waals surface area contributed by atoms with E-state index in [4.69, 9.17) is 15.2 Å². The highest BCUT2D eigenvalue weighted by Gasteiger charge is 2.26. The summed E-state index contributed by atoms with van der Waals surface area (Å²) in [5.74, 6) is 2.67. The number of ether oxygens (including phenoxy) is 2. The van der Waals surface area contributed by atoms with Crippen molar-refractivity contribution >= 4 is 17.6 Å². The molecular formula is C22H25N5O2. The summed E-state index contributed by atoms with van der Waals surface area (Å²) in [5, 5.41) is 3.14. The molecule has 1 aliphatic heterocycles. The van der Waals surface area contributed by atoms with Crippen LogP contribution in [0, 0.1) is 6.92 Å². The number of hydrogen-bond donors (Lipinski definition) is 2. The van der Waals surface area contributed by atoms with Gasteiger partial charge in [-0.2, -0.15) is 15.0 Å². The lowest BCUT2D eigenvalue weighted by atomic mass is 9.94. The van der Waals surface area contributed by atoms with Gasteiger partial charge in [0.25, 0.3) is 0 Å². The van der Waals surface area contributed by atoms with Crippen LogP contribution in [0.4, 0.5) is 17.6 Å². The van der Waals surface area contributed by atoms with E-state index in [-0.39, 0.29) is 18.2 Å². The van der Waals surface area contributed by atoms with E-state index in [1.54, 1.807) is 0 Å². The van der Waals surface area contributed by atoms with E-state index < -0.39 is 0 Å². The van der Waals surface area contributed by atoms with E-state index in [1.165, 1.54) is 5.56 Å². The fraction of sp³-hybridized carbons (Fsp3) is 0.318. The molecule has 0 unspecified atom stereocenters. The zero-order valence-electron chi connectivity index (χ0n) is 16.9. The van der Waals surface area contributed by atoms with Gasteiger partial charge in [0.05, 0.1) is 0 Å². The van der Waals surface area contributed by atoms with E-state index in [0.29, 0.717) is 11.8 Å². The Hall–Kier alpha value is -3.35. The molecule has 0 fully saturated rings. The highest BCUT2D eigenvalue weighted by molar-refractivity contribution is 5.54. The molecule has 2 aromatic carbocycles. The van der Waals surface area contributed by atoms with Gasteiger partial charge in [-0.25, -0.2) is 0 Å². The van der Waals surface area contributed by atoms with Crippen LogP contribution >= 0.6 is 0 Å². The Bertz CT molecular complexity index is 1020. The van der Waals surface area contributed by atoms with Crippen LogP contribution in [0.1, 0.15) is 37.2 Å². The smallest absolute Gasteiger partial charge is 0.232 e. The number of hydrogen-bond acceptors (Lipinski definition) is 7. The van der Waals surface area contributed by atoms with Crippen molar-refractivity contribution < 1.29 is 9.47 Å². The standard InChI is InChI=1S/C22H25N5O2/c1-14-4-6-16(7-5-14)24-21-26-19(25-20(23)27-21)13-28-17-8-9-18-15(12-17)10-11-22(2,3)29-18/h4-9,12H,10-11,13H2,1-3H3,(H3,23,24,25,26,27). The third-order valence-electron chi connectivity index (χ3n) is 4.79. The lowest BCUT2D eigenvalue weighted by Gasteiger charge is -2.32. The van der Waals surface area contributed by atoms with Gasteiger partial charge in [0.1, 0.15) is 23.7 Å². The van der Waals surface area contributed by atoms with Crippen LogP contribution in [0.25, 0.3) is 0 Å². The number of nitrogens with two attached hydrogens (primary N) is 1. The predicted molar refractivity (Wildman–Crippen MR) is 113 cm³/mol. The lowest BCUT2D eigenvalue weighted by molar-refractivity contribution is 0.0844. The summed E-state index contributed by atoms with van der Waals surface area (Å²) in [7, 11) is 0. The molecule has 0 atom stereocenters. The average molecular weight is 391 g/mol. The molecule has 7 heteroatoms. The molecule has 0 saturated heterocycles. The first-order valence-corrected chi connectivity index (χ1v) is 9.65. The normalized spacial score (nSPS) is 14.6. The topological polar surface area (TPSA) is 95.2 Å². The summed E-state index contributed by atoms with van der Waals surface area (Å²) in [5.41, 5.74) is 8.93. The second kappa shape index (κ2) is 7.58. The van der Waals surface area contributed by atoms with Crippen molar-refractivity contribution in [3.8, 4) is 11.5 Å². The molecule has 3 aromatic rings. The van der Waals surface area contributed by atoms with Crippen molar-refractivity contribution in [1.82, 2.24) is 15.0 Å². The Kier molecular flexibility index (Phi) is 4.96. The van der Waals surface area contributed by atoms with Crippen molar-refractivity contribution in [2.24, 2.45) is 0 Å². The van der Waals surface area contributed by atoms with Crippen molar-refractivity contribution in [3.05, 3.63) is 59.4 Å². The fourth-order valence-electron chi connectivity index (χ4n) is 3.20. The molecule has 4 rings (SSSR count). The Morgan fingerprint density at radius 2 is 1.90 bits per heavy atom. The quantitative estimate of drug-likeness (QED) is 0.673. The number of nitrogens with one attached hydrogen (secondary N) is 1. The lowest BCUT2D eigenvalue weighted by Crippen LogP contribution is -2.32. The molecule has 7 nitrogen and oxygen atoms in total. The minimum atomic E-state index is -0.126. The fourth-order valence-corrected chi connectivity index (χ4v) is 3.20. The maximum Gasteiger partial charge on any atom is 0.232 e. The highest BCUT2D eigenvalue weighted by Crippen LogP contribution is 2.35. The Morgan fingerprint density at radius 1 is 1.10 bits per heavy atom. The largest absolute Gasteiger partial charge is 0.488 e. The van der Waals surface area contributed by atoms with Gasteiger partial charge in [0.2, 0.25) is 11.9 Å². The summed E-state index contributed by atoms with van der Waals surface area (Å²) in [6.45, 7) is 6.44. The van der Waals surface area contributed by atoms with Crippen molar-refractivity contribution in [3.63, 3.8) is 0 Å². The predicted octanol–water partition coefficient (Wildman–Crippen LogP) is 4.19. The van der Waals surface area contributed by atoms with Crippen LogP contribution in [-0.2, 0) is 13.0 Å². The third kappa shape index (κ3) is 4.74. The molecule has 0 bridgehead atoms. The number of nitrogen functional groups attached to an aromatic ring is 1. The van der Waals surface area contributed by atoms with E-state index in [2.05, 4.69) is 34.1 Å². The Morgan fingerprint density at radius 3 is 2.69 bits per heavy atom. The average Bonchev–Trinajstić information content (AvgIpc) is 2.67. The highest BCUT2D eigenvalue weighted by atomic mass is 16.5. The molecule has 0 radical (unpaired) electrons. The minimum Gasteiger partial charge on any atom is -0.488 e. The molecule has 0 saturated carbocycles. The van der Waals surface area contributed by atoms with Gasteiger partial charge in [-0.1, -0.05) is 17.7 Å². The number of benzene rings is 2. The van der Waals surface area contributed by atoms with Crippen LogP contribution in [0.5, 0.6) is 11.5 Å². The summed E-state index contributed by atoms with van der Waals surface area (Å²) >= 11 is 0. The summed E-state index contributed by atoms with van der Waals surface area (Å²) in [6.07, 6.45) is 1.93. The molecule has 1 aliphatic rings. The summed E-state index contributed by atoms with van der Waals surface area (Å²) in [6, 6.07) is 13.8. The van der Waals surface area contributed by atoms with E-state index in [0.717, 1.165) is 35.6 Å². The second-order valence-electron chi connectivity index (χ2n) is 7.84. The SMILES string of the molecule is Cc1ccc(Nc2nc(N)nc(COc3ccc4c(c3)CCC(C)(C)O4)n2)cc1. The maximum absolute atomic E-state index is 6.02.